The van der Waals surface area contributed by atoms with Crippen LogP contribution in [0.5, 0.6) is 5.75 Å². The van der Waals surface area contributed by atoms with E-state index in [0.717, 1.165) is 43.8 Å². The van der Waals surface area contributed by atoms with Crippen molar-refractivity contribution in [1.29, 1.82) is 0 Å². The molecule has 0 radical (unpaired) electrons. The van der Waals surface area contributed by atoms with Gasteiger partial charge in [-0.3, -0.25) is 4.79 Å². The number of carbonyl (C=O) groups is 1. The number of methoxy groups -OCH3 is 1. The molecule has 27 heavy (non-hydrogen) atoms. The van der Waals surface area contributed by atoms with Crippen molar-refractivity contribution in [3.05, 3.63) is 64.7 Å². The predicted octanol–water partition coefficient (Wildman–Crippen LogP) is 3.64. The molecule has 0 spiro atoms. The van der Waals surface area contributed by atoms with Gasteiger partial charge in [0.05, 0.1) is 13.5 Å². The largest absolute Gasteiger partial charge is 0.496 e. The molecule has 0 unspecified atom stereocenters. The molecule has 4 heteroatoms. The van der Waals surface area contributed by atoms with Gasteiger partial charge in [-0.1, -0.05) is 47.5 Å². The lowest BCUT2D eigenvalue weighted by Crippen LogP contribution is -2.45. The molecule has 4 nitrogen and oxygen atoms in total. The Hall–Kier alpha value is -2.33. The zero-order chi connectivity index (χ0) is 19.2. The van der Waals surface area contributed by atoms with Crippen LogP contribution in [0.2, 0.25) is 0 Å². The van der Waals surface area contributed by atoms with Crippen LogP contribution < -0.4 is 10.1 Å². The van der Waals surface area contributed by atoms with Crippen LogP contribution in [0.1, 0.15) is 35.1 Å². The maximum absolute atomic E-state index is 12.6. The predicted molar refractivity (Wildman–Crippen MR) is 109 cm³/mol. The highest BCUT2D eigenvalue weighted by atomic mass is 16.5. The average molecular weight is 367 g/mol. The van der Waals surface area contributed by atoms with Crippen LogP contribution in [-0.2, 0) is 17.8 Å². The zero-order valence-electron chi connectivity index (χ0n) is 16.6. The minimum Gasteiger partial charge on any atom is -0.496 e. The van der Waals surface area contributed by atoms with Gasteiger partial charge in [0.1, 0.15) is 5.75 Å². The lowest BCUT2D eigenvalue weighted by atomic mass is 10.0. The van der Waals surface area contributed by atoms with Gasteiger partial charge in [0.2, 0.25) is 5.91 Å². The van der Waals surface area contributed by atoms with Crippen molar-refractivity contribution in [1.82, 2.24) is 10.2 Å². The smallest absolute Gasteiger partial charge is 0.227 e. The minimum atomic E-state index is 0.187. The van der Waals surface area contributed by atoms with Gasteiger partial charge in [0.15, 0.2) is 0 Å². The number of amides is 1. The van der Waals surface area contributed by atoms with Crippen LogP contribution in [0.25, 0.3) is 0 Å². The maximum atomic E-state index is 12.6. The van der Waals surface area contributed by atoms with Gasteiger partial charge in [0.25, 0.3) is 0 Å². The number of piperidine rings is 1. The van der Waals surface area contributed by atoms with Crippen molar-refractivity contribution in [2.45, 2.75) is 45.7 Å². The topological polar surface area (TPSA) is 41.6 Å². The van der Waals surface area contributed by atoms with E-state index in [-0.39, 0.29) is 5.91 Å². The molecular formula is C23H30N2O2. The zero-order valence-corrected chi connectivity index (χ0v) is 16.6. The van der Waals surface area contributed by atoms with E-state index >= 15 is 0 Å². The van der Waals surface area contributed by atoms with E-state index in [4.69, 9.17) is 4.74 Å². The number of nitrogens with zero attached hydrogens (tertiary/aromatic N) is 1. The van der Waals surface area contributed by atoms with Crippen LogP contribution >= 0.6 is 0 Å². The third-order valence-corrected chi connectivity index (χ3v) is 5.26. The molecule has 1 amide bonds. The average Bonchev–Trinajstić information content (AvgIpc) is 2.66. The molecule has 0 saturated carbocycles. The van der Waals surface area contributed by atoms with Crippen molar-refractivity contribution >= 4 is 5.91 Å². The van der Waals surface area contributed by atoms with E-state index in [2.05, 4.69) is 37.4 Å². The molecule has 1 fully saturated rings. The van der Waals surface area contributed by atoms with E-state index in [1.807, 2.05) is 29.2 Å². The maximum Gasteiger partial charge on any atom is 0.227 e. The summed E-state index contributed by atoms with van der Waals surface area (Å²) in [6, 6.07) is 14.9. The number of ether oxygens (including phenoxy) is 1. The van der Waals surface area contributed by atoms with E-state index in [1.54, 1.807) is 7.11 Å². The molecule has 144 valence electrons. The van der Waals surface area contributed by atoms with E-state index < -0.39 is 0 Å². The Kier molecular flexibility index (Phi) is 6.51. The van der Waals surface area contributed by atoms with Gasteiger partial charge >= 0.3 is 0 Å². The number of carbonyl (C=O) groups excluding carboxylic acids is 1. The summed E-state index contributed by atoms with van der Waals surface area (Å²) in [5.74, 6) is 0.975. The molecule has 1 aliphatic rings. The van der Waals surface area contributed by atoms with Crippen molar-refractivity contribution in [2.75, 3.05) is 20.2 Å². The Morgan fingerprint density at radius 3 is 2.44 bits per heavy atom. The molecule has 1 heterocycles. The standard InChI is InChI=1S/C23H30N2O2/c1-17-12-18(2)14-19(13-17)16-24-21-8-10-25(11-9-21)23(26)15-20-6-4-5-7-22(20)27-3/h4-7,12-14,21,24H,8-11,15-16H2,1-3H3. The first-order chi connectivity index (χ1) is 13.0. The number of benzene rings is 2. The van der Waals surface area contributed by atoms with Crippen LogP contribution in [0.3, 0.4) is 0 Å². The van der Waals surface area contributed by atoms with Crippen molar-refractivity contribution < 1.29 is 9.53 Å². The number of hydrogen-bond acceptors (Lipinski definition) is 3. The SMILES string of the molecule is COc1ccccc1CC(=O)N1CCC(NCc2cc(C)cc(C)c2)CC1. The molecule has 2 aromatic rings. The first-order valence-electron chi connectivity index (χ1n) is 9.75. The first-order valence-corrected chi connectivity index (χ1v) is 9.75. The minimum absolute atomic E-state index is 0.187. The fourth-order valence-corrected chi connectivity index (χ4v) is 3.89. The third-order valence-electron chi connectivity index (χ3n) is 5.26. The summed E-state index contributed by atoms with van der Waals surface area (Å²) < 4.78 is 5.36. The summed E-state index contributed by atoms with van der Waals surface area (Å²) in [5.41, 5.74) is 4.91. The lowest BCUT2D eigenvalue weighted by Gasteiger charge is -2.32. The van der Waals surface area contributed by atoms with Crippen LogP contribution in [0.4, 0.5) is 0 Å². The first kappa shape index (κ1) is 19.4. The number of likely N-dealkylation sites (tertiary alicyclic amines) is 1. The Morgan fingerprint density at radius 2 is 1.78 bits per heavy atom. The number of hydrogen-bond donors (Lipinski definition) is 1. The fraction of sp³-hybridized carbons (Fsp3) is 0.435. The monoisotopic (exact) mass is 366 g/mol. The second-order valence-electron chi connectivity index (χ2n) is 7.52. The quantitative estimate of drug-likeness (QED) is 0.849. The summed E-state index contributed by atoms with van der Waals surface area (Å²) in [7, 11) is 1.65. The van der Waals surface area contributed by atoms with E-state index in [0.29, 0.717) is 12.5 Å². The number of aryl methyl sites for hydroxylation is 2. The van der Waals surface area contributed by atoms with Crippen LogP contribution in [0, 0.1) is 13.8 Å². The molecule has 0 bridgehead atoms. The summed E-state index contributed by atoms with van der Waals surface area (Å²) >= 11 is 0. The molecule has 1 aliphatic heterocycles. The van der Waals surface area contributed by atoms with Crippen LogP contribution in [-0.4, -0.2) is 37.0 Å². The summed E-state index contributed by atoms with van der Waals surface area (Å²) in [4.78, 5) is 14.6. The van der Waals surface area contributed by atoms with Crippen LogP contribution in [0.15, 0.2) is 42.5 Å². The molecule has 0 atom stereocenters. The molecule has 3 rings (SSSR count). The summed E-state index contributed by atoms with van der Waals surface area (Å²) in [5, 5.41) is 3.66. The molecular weight excluding hydrogens is 336 g/mol. The normalized spacial score (nSPS) is 15.0. The van der Waals surface area contributed by atoms with Gasteiger partial charge in [-0.05, 0) is 38.3 Å². The Morgan fingerprint density at radius 1 is 1.11 bits per heavy atom. The number of para-hydroxylation sites is 1. The van der Waals surface area contributed by atoms with E-state index in [9.17, 15) is 4.79 Å². The molecule has 1 N–H and O–H groups in total. The Labute approximate surface area is 162 Å². The van der Waals surface area contributed by atoms with Gasteiger partial charge in [0, 0.05) is 31.2 Å². The van der Waals surface area contributed by atoms with Gasteiger partial charge in [-0.25, -0.2) is 0 Å². The molecule has 1 saturated heterocycles. The van der Waals surface area contributed by atoms with Crippen molar-refractivity contribution in [3.63, 3.8) is 0 Å². The highest BCUT2D eigenvalue weighted by molar-refractivity contribution is 5.79. The number of nitrogens with one attached hydrogen (secondary N) is 1. The second kappa shape index (κ2) is 9.05. The Balaban J connectivity index is 1.47. The molecule has 0 aliphatic carbocycles. The molecule has 2 aromatic carbocycles. The summed E-state index contributed by atoms with van der Waals surface area (Å²) in [6.45, 7) is 6.81. The molecule has 0 aromatic heterocycles. The second-order valence-corrected chi connectivity index (χ2v) is 7.52. The van der Waals surface area contributed by atoms with Crippen molar-refractivity contribution in [3.8, 4) is 5.75 Å². The van der Waals surface area contributed by atoms with Crippen molar-refractivity contribution in [2.24, 2.45) is 0 Å². The van der Waals surface area contributed by atoms with E-state index in [1.165, 1.54) is 16.7 Å². The van der Waals surface area contributed by atoms with Gasteiger partial charge in [-0.2, -0.15) is 0 Å². The lowest BCUT2D eigenvalue weighted by molar-refractivity contribution is -0.131. The highest BCUT2D eigenvalue weighted by Crippen LogP contribution is 2.20. The fourth-order valence-electron chi connectivity index (χ4n) is 3.89. The van der Waals surface area contributed by atoms with Gasteiger partial charge in [-0.15, -0.1) is 0 Å². The van der Waals surface area contributed by atoms with Gasteiger partial charge < -0.3 is 15.0 Å². The third kappa shape index (κ3) is 5.33. The summed E-state index contributed by atoms with van der Waals surface area (Å²) in [6.07, 6.45) is 2.41. The number of rotatable bonds is 6. The Bertz CT molecular complexity index is 759. The highest BCUT2D eigenvalue weighted by Gasteiger charge is 2.23.